The zero-order valence-electron chi connectivity index (χ0n) is 19.3. The van der Waals surface area contributed by atoms with Crippen LogP contribution in [-0.4, -0.2) is 25.3 Å². The zero-order chi connectivity index (χ0) is 21.0. The number of carbonyl (C=O) groups is 1. The number of ether oxygens (including phenoxy) is 2. The lowest BCUT2D eigenvalue weighted by Crippen LogP contribution is -3.00. The van der Waals surface area contributed by atoms with Gasteiger partial charge in [0.15, 0.2) is 18.8 Å². The highest BCUT2D eigenvalue weighted by atomic mass is 127. The summed E-state index contributed by atoms with van der Waals surface area (Å²) in [6, 6.07) is 0. The summed E-state index contributed by atoms with van der Waals surface area (Å²) in [5, 5.41) is 2.01. The second kappa shape index (κ2) is 22.0. The molecule has 0 N–H and O–H groups in total. The van der Waals surface area contributed by atoms with Crippen LogP contribution >= 0.6 is 11.3 Å². The van der Waals surface area contributed by atoms with Gasteiger partial charge in [0.1, 0.15) is 0 Å². The largest absolute Gasteiger partial charge is 1.00 e. The zero-order valence-corrected chi connectivity index (χ0v) is 22.3. The predicted molar refractivity (Wildman–Crippen MR) is 121 cm³/mol. The van der Waals surface area contributed by atoms with Crippen LogP contribution in [0.2, 0.25) is 0 Å². The van der Waals surface area contributed by atoms with Crippen LogP contribution in [0.4, 0.5) is 0 Å². The third-order valence-corrected chi connectivity index (χ3v) is 5.89. The molecule has 1 rings (SSSR count). The molecule has 4 nitrogen and oxygen atoms in total. The Bertz CT molecular complexity index is 485. The molecule has 0 radical (unpaired) electrons. The van der Waals surface area contributed by atoms with Crippen molar-refractivity contribution >= 4 is 17.3 Å². The van der Waals surface area contributed by atoms with E-state index < -0.39 is 0 Å². The van der Waals surface area contributed by atoms with E-state index in [1.54, 1.807) is 11.3 Å². The van der Waals surface area contributed by atoms with Gasteiger partial charge in [-0.05, 0) is 6.42 Å². The van der Waals surface area contributed by atoms with Gasteiger partial charge in [0.25, 0.3) is 0 Å². The van der Waals surface area contributed by atoms with Crippen molar-refractivity contribution in [3.8, 4) is 0 Å². The molecule has 0 fully saturated rings. The SMILES string of the molecule is CCCCCCCCCCCCCCCCOCC(C[n+]1ccsc1)OC(C)=O.[I-]. The fourth-order valence-electron chi connectivity index (χ4n) is 3.57. The van der Waals surface area contributed by atoms with Gasteiger partial charge in [-0.3, -0.25) is 4.79 Å². The molecule has 6 heteroatoms. The van der Waals surface area contributed by atoms with Gasteiger partial charge in [-0.15, -0.1) is 0 Å². The number of rotatable bonds is 20. The molecule has 0 saturated carbocycles. The van der Waals surface area contributed by atoms with Crippen LogP contribution in [0.25, 0.3) is 0 Å². The van der Waals surface area contributed by atoms with Gasteiger partial charge < -0.3 is 33.5 Å². The minimum Gasteiger partial charge on any atom is -1.00 e. The van der Waals surface area contributed by atoms with Crippen LogP contribution in [0.3, 0.4) is 0 Å². The summed E-state index contributed by atoms with van der Waals surface area (Å²) in [7, 11) is 0. The molecule has 0 bridgehead atoms. The van der Waals surface area contributed by atoms with Crippen molar-refractivity contribution in [2.45, 2.75) is 116 Å². The van der Waals surface area contributed by atoms with Gasteiger partial charge in [0.05, 0.1) is 12.0 Å². The fraction of sp³-hybridized carbons (Fsp3) is 0.833. The van der Waals surface area contributed by atoms with Crippen molar-refractivity contribution in [1.82, 2.24) is 0 Å². The van der Waals surface area contributed by atoms with E-state index in [1.165, 1.54) is 90.4 Å². The van der Waals surface area contributed by atoms with E-state index >= 15 is 0 Å². The maximum absolute atomic E-state index is 11.3. The number of esters is 1. The molecule has 1 unspecified atom stereocenters. The van der Waals surface area contributed by atoms with Gasteiger partial charge in [-0.1, -0.05) is 102 Å². The molecule has 0 spiro atoms. The van der Waals surface area contributed by atoms with Crippen LogP contribution in [0.15, 0.2) is 17.1 Å². The highest BCUT2D eigenvalue weighted by Gasteiger charge is 2.18. The highest BCUT2D eigenvalue weighted by molar-refractivity contribution is 7.07. The molecule has 0 aliphatic carbocycles. The molecule has 0 amide bonds. The minimum absolute atomic E-state index is 0. The first kappa shape index (κ1) is 29.8. The number of halogens is 1. The lowest BCUT2D eigenvalue weighted by molar-refractivity contribution is -0.698. The van der Waals surface area contributed by atoms with E-state index in [-0.39, 0.29) is 36.0 Å². The first-order chi connectivity index (χ1) is 14.2. The Kier molecular flexibility index (Phi) is 21.8. The summed E-state index contributed by atoms with van der Waals surface area (Å²) in [5.74, 6) is -0.245. The van der Waals surface area contributed by atoms with E-state index in [9.17, 15) is 4.79 Å². The van der Waals surface area contributed by atoms with Crippen molar-refractivity contribution in [3.63, 3.8) is 0 Å². The van der Waals surface area contributed by atoms with Crippen molar-refractivity contribution in [1.29, 1.82) is 0 Å². The molecule has 0 aliphatic rings. The summed E-state index contributed by atoms with van der Waals surface area (Å²) in [6.07, 6.45) is 20.9. The van der Waals surface area contributed by atoms with Crippen LogP contribution in [-0.2, 0) is 20.8 Å². The Hall–Kier alpha value is -0.210. The van der Waals surface area contributed by atoms with Gasteiger partial charge in [-0.2, -0.15) is 4.57 Å². The van der Waals surface area contributed by atoms with Crippen molar-refractivity contribution in [2.24, 2.45) is 0 Å². The normalized spacial score (nSPS) is 11.8. The molecular formula is C24H44INO3S. The monoisotopic (exact) mass is 553 g/mol. The smallest absolute Gasteiger partial charge is 0.303 e. The van der Waals surface area contributed by atoms with Crippen LogP contribution < -0.4 is 28.5 Å². The summed E-state index contributed by atoms with van der Waals surface area (Å²) < 4.78 is 13.2. The molecule has 1 atom stereocenters. The van der Waals surface area contributed by atoms with Gasteiger partial charge >= 0.3 is 5.97 Å². The highest BCUT2D eigenvalue weighted by Crippen LogP contribution is 2.13. The van der Waals surface area contributed by atoms with E-state index in [0.717, 1.165) is 13.0 Å². The molecular weight excluding hydrogens is 509 g/mol. The van der Waals surface area contributed by atoms with E-state index in [0.29, 0.717) is 13.2 Å². The first-order valence-electron chi connectivity index (χ1n) is 11.9. The molecule has 176 valence electrons. The van der Waals surface area contributed by atoms with Crippen molar-refractivity contribution in [2.75, 3.05) is 13.2 Å². The summed E-state index contributed by atoms with van der Waals surface area (Å²) >= 11 is 1.63. The second-order valence-corrected chi connectivity index (χ2v) is 8.88. The molecule has 0 saturated heterocycles. The van der Waals surface area contributed by atoms with Crippen LogP contribution in [0.1, 0.15) is 104 Å². The van der Waals surface area contributed by atoms with E-state index in [4.69, 9.17) is 9.47 Å². The lowest BCUT2D eigenvalue weighted by atomic mass is 10.0. The molecule has 30 heavy (non-hydrogen) atoms. The number of hydrogen-bond donors (Lipinski definition) is 0. The van der Waals surface area contributed by atoms with Gasteiger partial charge in [0.2, 0.25) is 5.51 Å². The number of nitrogens with zero attached hydrogens (tertiary/aromatic N) is 1. The average Bonchev–Trinajstić information content (AvgIpc) is 3.20. The van der Waals surface area contributed by atoms with E-state index in [2.05, 4.69) is 6.92 Å². The Morgan fingerprint density at radius 3 is 1.90 bits per heavy atom. The average molecular weight is 554 g/mol. The van der Waals surface area contributed by atoms with Gasteiger partial charge in [0, 0.05) is 13.5 Å². The number of hydrogen-bond acceptors (Lipinski definition) is 4. The fourth-order valence-corrected chi connectivity index (χ4v) is 4.18. The number of carbonyl (C=O) groups excluding carboxylic acids is 1. The lowest BCUT2D eigenvalue weighted by Gasteiger charge is -2.14. The van der Waals surface area contributed by atoms with Crippen molar-refractivity contribution in [3.05, 3.63) is 17.1 Å². The standard InChI is InChI=1S/C24H44NO3S.HI/c1-3-4-5-6-7-8-9-10-11-12-13-14-15-16-18-27-21-24(28-23(2)26)20-25-17-19-29-22-25;/h17,19,22,24H,3-16,18,20-21H2,1-2H3;1H/q+1;/p-1. The Labute approximate surface area is 206 Å². The third kappa shape index (κ3) is 18.6. The Morgan fingerprint density at radius 2 is 1.43 bits per heavy atom. The molecule has 1 aromatic rings. The number of thiazole rings is 1. The third-order valence-electron chi connectivity index (χ3n) is 5.22. The summed E-state index contributed by atoms with van der Waals surface area (Å²) in [6.45, 7) is 5.62. The minimum atomic E-state index is -0.245. The topological polar surface area (TPSA) is 39.4 Å². The number of unbranched alkanes of at least 4 members (excludes halogenated alkanes) is 13. The predicted octanol–water partition coefficient (Wildman–Crippen LogP) is 3.47. The molecule has 1 heterocycles. The van der Waals surface area contributed by atoms with Crippen molar-refractivity contribution < 1.29 is 42.8 Å². The van der Waals surface area contributed by atoms with E-state index in [1.807, 2.05) is 21.7 Å². The quantitative estimate of drug-likeness (QED) is 0.108. The summed E-state index contributed by atoms with van der Waals surface area (Å²) in [5.41, 5.74) is 2.02. The molecule has 0 aromatic carbocycles. The molecule has 1 aromatic heterocycles. The Balaban J connectivity index is 0.00000841. The second-order valence-electron chi connectivity index (χ2n) is 8.13. The first-order valence-corrected chi connectivity index (χ1v) is 12.8. The summed E-state index contributed by atoms with van der Waals surface area (Å²) in [4.78, 5) is 11.3. The van der Waals surface area contributed by atoms with Gasteiger partial charge in [-0.25, -0.2) is 0 Å². The maximum atomic E-state index is 11.3. The number of aromatic nitrogens is 1. The molecule has 0 aliphatic heterocycles. The maximum Gasteiger partial charge on any atom is 0.303 e. The Morgan fingerprint density at radius 1 is 0.900 bits per heavy atom. The van der Waals surface area contributed by atoms with Crippen LogP contribution in [0, 0.1) is 0 Å². The van der Waals surface area contributed by atoms with Crippen LogP contribution in [0.5, 0.6) is 0 Å².